The van der Waals surface area contributed by atoms with E-state index in [4.69, 9.17) is 4.74 Å². The van der Waals surface area contributed by atoms with Crippen LogP contribution in [0.4, 0.5) is 0 Å². The number of nitrogens with one attached hydrogen (secondary N) is 1. The molecule has 0 unspecified atom stereocenters. The molecule has 0 aromatic carbocycles. The summed E-state index contributed by atoms with van der Waals surface area (Å²) < 4.78 is 5.25. The minimum atomic E-state index is -0.754. The highest BCUT2D eigenvalue weighted by molar-refractivity contribution is 5.78. The van der Waals surface area contributed by atoms with E-state index in [1.807, 2.05) is 0 Å². The number of hydrogen-bond donors (Lipinski definition) is 2. The van der Waals surface area contributed by atoms with Gasteiger partial charge >= 0.3 is 0 Å². The first-order chi connectivity index (χ1) is 9.20. The molecule has 0 aromatic rings. The quantitative estimate of drug-likeness (QED) is 0.824. The van der Waals surface area contributed by atoms with E-state index >= 15 is 0 Å². The van der Waals surface area contributed by atoms with Crippen LogP contribution in [0.1, 0.15) is 57.8 Å². The maximum absolute atomic E-state index is 12.2. The topological polar surface area (TPSA) is 58.6 Å². The number of aliphatic hydroxyl groups is 1. The largest absolute Gasteiger partial charge is 0.388 e. The van der Waals surface area contributed by atoms with E-state index in [1.54, 1.807) is 0 Å². The fourth-order valence-corrected chi connectivity index (χ4v) is 3.04. The fourth-order valence-electron chi connectivity index (χ4n) is 3.04. The van der Waals surface area contributed by atoms with Gasteiger partial charge in [-0.1, -0.05) is 32.1 Å². The SMILES string of the molecule is O=C(NCC1(O)CCOCC1)C1CCCCCCC1. The van der Waals surface area contributed by atoms with Crippen molar-refractivity contribution in [1.82, 2.24) is 5.32 Å². The van der Waals surface area contributed by atoms with Crippen LogP contribution >= 0.6 is 0 Å². The van der Waals surface area contributed by atoms with Crippen molar-refractivity contribution in [3.05, 3.63) is 0 Å². The molecule has 1 heterocycles. The van der Waals surface area contributed by atoms with Gasteiger partial charge in [0, 0.05) is 38.5 Å². The van der Waals surface area contributed by atoms with Crippen LogP contribution in [0.25, 0.3) is 0 Å². The summed E-state index contributed by atoms with van der Waals surface area (Å²) in [6.45, 7) is 1.57. The molecule has 2 fully saturated rings. The van der Waals surface area contributed by atoms with Gasteiger partial charge in [-0.25, -0.2) is 0 Å². The molecule has 2 rings (SSSR count). The normalized spacial score (nSPS) is 25.3. The highest BCUT2D eigenvalue weighted by Gasteiger charge is 2.31. The summed E-state index contributed by atoms with van der Waals surface area (Å²) >= 11 is 0. The van der Waals surface area contributed by atoms with Crippen LogP contribution in [0, 0.1) is 5.92 Å². The van der Waals surface area contributed by atoms with Gasteiger partial charge in [-0.3, -0.25) is 4.79 Å². The first-order valence-electron chi connectivity index (χ1n) is 7.77. The van der Waals surface area contributed by atoms with E-state index in [0.29, 0.717) is 32.6 Å². The Kier molecular flexibility index (Phi) is 5.64. The highest BCUT2D eigenvalue weighted by Crippen LogP contribution is 2.23. The maximum atomic E-state index is 12.2. The standard InChI is InChI=1S/C15H27NO3/c17-14(13-6-4-2-1-3-5-7-13)16-12-15(18)8-10-19-11-9-15/h13,18H,1-12H2,(H,16,17). The number of carbonyl (C=O) groups is 1. The molecule has 2 N–H and O–H groups in total. The van der Waals surface area contributed by atoms with Gasteiger partial charge < -0.3 is 15.2 Å². The summed E-state index contributed by atoms with van der Waals surface area (Å²) in [7, 11) is 0. The third-order valence-corrected chi connectivity index (χ3v) is 4.49. The Hall–Kier alpha value is -0.610. The van der Waals surface area contributed by atoms with Crippen LogP contribution in [0.2, 0.25) is 0 Å². The average molecular weight is 269 g/mol. The van der Waals surface area contributed by atoms with Gasteiger partial charge in [0.2, 0.25) is 5.91 Å². The molecule has 2 aliphatic rings. The lowest BCUT2D eigenvalue weighted by molar-refractivity contribution is -0.128. The van der Waals surface area contributed by atoms with Crippen LogP contribution < -0.4 is 5.32 Å². The molecule has 1 saturated carbocycles. The highest BCUT2D eigenvalue weighted by atomic mass is 16.5. The molecule has 0 radical (unpaired) electrons. The fraction of sp³-hybridized carbons (Fsp3) is 0.933. The molecular formula is C15H27NO3. The Morgan fingerprint density at radius 1 is 1.11 bits per heavy atom. The van der Waals surface area contributed by atoms with Gasteiger partial charge in [-0.2, -0.15) is 0 Å². The molecule has 19 heavy (non-hydrogen) atoms. The Morgan fingerprint density at radius 2 is 1.68 bits per heavy atom. The minimum Gasteiger partial charge on any atom is -0.388 e. The van der Waals surface area contributed by atoms with E-state index in [2.05, 4.69) is 5.32 Å². The zero-order valence-electron chi connectivity index (χ0n) is 11.8. The molecule has 4 nitrogen and oxygen atoms in total. The molecular weight excluding hydrogens is 242 g/mol. The molecule has 0 bridgehead atoms. The number of amides is 1. The van der Waals surface area contributed by atoms with Crippen molar-refractivity contribution in [1.29, 1.82) is 0 Å². The minimum absolute atomic E-state index is 0.141. The van der Waals surface area contributed by atoms with E-state index in [1.165, 1.54) is 19.3 Å². The van der Waals surface area contributed by atoms with Crippen molar-refractivity contribution >= 4 is 5.91 Å². The summed E-state index contributed by atoms with van der Waals surface area (Å²) in [5.41, 5.74) is -0.754. The van der Waals surface area contributed by atoms with Crippen molar-refractivity contribution in [2.24, 2.45) is 5.92 Å². The number of rotatable bonds is 3. The number of ether oxygens (including phenoxy) is 1. The Balaban J connectivity index is 1.75. The van der Waals surface area contributed by atoms with Gasteiger partial charge in [-0.05, 0) is 12.8 Å². The summed E-state index contributed by atoms with van der Waals surface area (Å²) in [6, 6.07) is 0. The predicted molar refractivity (Wildman–Crippen MR) is 73.8 cm³/mol. The van der Waals surface area contributed by atoms with Crippen molar-refractivity contribution in [3.63, 3.8) is 0 Å². The molecule has 0 spiro atoms. The van der Waals surface area contributed by atoms with E-state index in [9.17, 15) is 9.90 Å². The lowest BCUT2D eigenvalue weighted by Crippen LogP contribution is -2.47. The molecule has 1 aliphatic heterocycles. The molecule has 1 amide bonds. The second-order valence-corrected chi connectivity index (χ2v) is 6.10. The average Bonchev–Trinajstić information content (AvgIpc) is 2.37. The first-order valence-corrected chi connectivity index (χ1v) is 7.77. The Labute approximate surface area is 115 Å². The maximum Gasteiger partial charge on any atom is 0.223 e. The third-order valence-electron chi connectivity index (χ3n) is 4.49. The van der Waals surface area contributed by atoms with Gasteiger partial charge in [0.1, 0.15) is 0 Å². The summed E-state index contributed by atoms with van der Waals surface area (Å²) in [4.78, 5) is 12.2. The smallest absolute Gasteiger partial charge is 0.223 e. The summed E-state index contributed by atoms with van der Waals surface area (Å²) in [5.74, 6) is 0.297. The Morgan fingerprint density at radius 3 is 2.32 bits per heavy atom. The molecule has 0 aromatic heterocycles. The van der Waals surface area contributed by atoms with Gasteiger partial charge in [-0.15, -0.1) is 0 Å². The van der Waals surface area contributed by atoms with Crippen molar-refractivity contribution in [2.75, 3.05) is 19.8 Å². The summed E-state index contributed by atoms with van der Waals surface area (Å²) in [6.07, 6.45) is 9.41. The van der Waals surface area contributed by atoms with Crippen LogP contribution in [0.5, 0.6) is 0 Å². The van der Waals surface area contributed by atoms with Crippen LogP contribution in [-0.2, 0) is 9.53 Å². The molecule has 110 valence electrons. The monoisotopic (exact) mass is 269 g/mol. The molecule has 0 atom stereocenters. The second kappa shape index (κ2) is 7.25. The van der Waals surface area contributed by atoms with Gasteiger partial charge in [0.15, 0.2) is 0 Å². The van der Waals surface area contributed by atoms with Gasteiger partial charge in [0.25, 0.3) is 0 Å². The Bertz CT molecular complexity index is 279. The zero-order chi connectivity index (χ0) is 13.6. The first kappa shape index (κ1) is 14.8. The lowest BCUT2D eigenvalue weighted by Gasteiger charge is -2.32. The molecule has 4 heteroatoms. The summed E-state index contributed by atoms with van der Waals surface area (Å²) in [5, 5.41) is 13.3. The predicted octanol–water partition coefficient (Wildman–Crippen LogP) is 2.00. The second-order valence-electron chi connectivity index (χ2n) is 6.10. The lowest BCUT2D eigenvalue weighted by atomic mass is 9.89. The zero-order valence-corrected chi connectivity index (χ0v) is 11.8. The van der Waals surface area contributed by atoms with E-state index < -0.39 is 5.60 Å². The van der Waals surface area contributed by atoms with Gasteiger partial charge in [0.05, 0.1) is 5.60 Å². The molecule has 1 saturated heterocycles. The van der Waals surface area contributed by atoms with Crippen LogP contribution in [-0.4, -0.2) is 36.4 Å². The number of hydrogen-bond acceptors (Lipinski definition) is 3. The van der Waals surface area contributed by atoms with Crippen molar-refractivity contribution < 1.29 is 14.6 Å². The molecule has 1 aliphatic carbocycles. The third kappa shape index (κ3) is 4.77. The van der Waals surface area contributed by atoms with Crippen LogP contribution in [0.3, 0.4) is 0 Å². The van der Waals surface area contributed by atoms with E-state index in [0.717, 1.165) is 25.7 Å². The van der Waals surface area contributed by atoms with Crippen molar-refractivity contribution in [2.45, 2.75) is 63.4 Å². The van der Waals surface area contributed by atoms with Crippen LogP contribution in [0.15, 0.2) is 0 Å². The van der Waals surface area contributed by atoms with E-state index in [-0.39, 0.29) is 11.8 Å². The van der Waals surface area contributed by atoms with Crippen molar-refractivity contribution in [3.8, 4) is 0 Å². The number of carbonyl (C=O) groups excluding carboxylic acids is 1.